The third-order valence-corrected chi connectivity index (χ3v) is 4.70. The standard InChI is InChI=1S/C18H20N4O2S/c1-18(2,3)22(17(23)24)12-20-14-8-15(25-11-14)10-21-7-5-13-9-19-6-4-16(13)21/h4-9,11-12H,10H2,1-3H3,(H,23,24). The summed E-state index contributed by atoms with van der Waals surface area (Å²) in [4.78, 5) is 22.1. The summed E-state index contributed by atoms with van der Waals surface area (Å²) in [6, 6.07) is 6.02. The van der Waals surface area contributed by atoms with Crippen LogP contribution in [0.1, 0.15) is 25.6 Å². The van der Waals surface area contributed by atoms with Crippen molar-refractivity contribution >= 4 is 40.4 Å². The number of aromatic nitrogens is 2. The molecule has 0 saturated heterocycles. The second kappa shape index (κ2) is 6.68. The summed E-state index contributed by atoms with van der Waals surface area (Å²) in [7, 11) is 0. The molecule has 0 atom stereocenters. The Bertz CT molecular complexity index is 920. The minimum Gasteiger partial charge on any atom is -0.465 e. The van der Waals surface area contributed by atoms with E-state index in [1.807, 2.05) is 56.7 Å². The molecule has 0 fully saturated rings. The fourth-order valence-electron chi connectivity index (χ4n) is 2.50. The summed E-state index contributed by atoms with van der Waals surface area (Å²) in [5, 5.41) is 12.3. The Kier molecular flexibility index (Phi) is 4.59. The van der Waals surface area contributed by atoms with Crippen LogP contribution in [-0.4, -0.2) is 37.5 Å². The number of thiophene rings is 1. The Balaban J connectivity index is 1.76. The molecule has 0 aromatic carbocycles. The minimum absolute atomic E-state index is 0.535. The Morgan fingerprint density at radius 1 is 1.44 bits per heavy atom. The van der Waals surface area contributed by atoms with E-state index < -0.39 is 11.6 Å². The minimum atomic E-state index is -1.01. The van der Waals surface area contributed by atoms with E-state index in [1.165, 1.54) is 11.2 Å². The molecule has 0 saturated carbocycles. The number of carbonyl (C=O) groups is 1. The second-order valence-electron chi connectivity index (χ2n) is 6.72. The summed E-state index contributed by atoms with van der Waals surface area (Å²) in [5.74, 6) is 0. The molecule has 0 radical (unpaired) electrons. The van der Waals surface area contributed by atoms with Crippen molar-refractivity contribution in [1.82, 2.24) is 14.5 Å². The van der Waals surface area contributed by atoms with Gasteiger partial charge < -0.3 is 9.67 Å². The van der Waals surface area contributed by atoms with Gasteiger partial charge in [-0.1, -0.05) is 0 Å². The number of fused-ring (bicyclic) bond motifs is 1. The SMILES string of the molecule is CC(C)(C)N(C=Nc1csc(Cn2ccc3cnccc32)c1)C(=O)O. The van der Waals surface area contributed by atoms with Crippen molar-refractivity contribution in [3.05, 3.63) is 47.0 Å². The molecule has 3 rings (SSSR count). The molecule has 6 nitrogen and oxygen atoms in total. The fourth-order valence-corrected chi connectivity index (χ4v) is 3.30. The number of amides is 1. The summed E-state index contributed by atoms with van der Waals surface area (Å²) < 4.78 is 2.16. The van der Waals surface area contributed by atoms with Gasteiger partial charge in [-0.15, -0.1) is 11.3 Å². The quantitative estimate of drug-likeness (QED) is 0.549. The van der Waals surface area contributed by atoms with Gasteiger partial charge in [-0.05, 0) is 39.0 Å². The lowest BCUT2D eigenvalue weighted by molar-refractivity contribution is 0.143. The van der Waals surface area contributed by atoms with E-state index in [0.29, 0.717) is 0 Å². The molecule has 1 N–H and O–H groups in total. The van der Waals surface area contributed by atoms with Crippen LogP contribution in [0.25, 0.3) is 10.9 Å². The average molecular weight is 356 g/mol. The van der Waals surface area contributed by atoms with Crippen LogP contribution in [0.2, 0.25) is 0 Å². The Morgan fingerprint density at radius 3 is 2.96 bits per heavy atom. The van der Waals surface area contributed by atoms with Gasteiger partial charge in [-0.2, -0.15) is 0 Å². The Hall–Kier alpha value is -2.67. The number of carboxylic acid groups (broad SMARTS) is 1. The Morgan fingerprint density at radius 2 is 2.24 bits per heavy atom. The lowest BCUT2D eigenvalue weighted by Gasteiger charge is -2.28. The van der Waals surface area contributed by atoms with Gasteiger partial charge in [0, 0.05) is 39.8 Å². The molecular formula is C18H20N4O2S. The molecule has 1 amide bonds. The summed E-state index contributed by atoms with van der Waals surface area (Å²) in [6.07, 6.45) is 6.05. The highest BCUT2D eigenvalue weighted by Gasteiger charge is 2.24. The molecule has 3 heterocycles. The van der Waals surface area contributed by atoms with E-state index in [0.717, 1.165) is 28.0 Å². The van der Waals surface area contributed by atoms with Crippen LogP contribution in [0, 0.1) is 0 Å². The second-order valence-corrected chi connectivity index (χ2v) is 7.71. The van der Waals surface area contributed by atoms with Gasteiger partial charge in [0.2, 0.25) is 0 Å². The van der Waals surface area contributed by atoms with Gasteiger partial charge in [-0.3, -0.25) is 9.88 Å². The largest absolute Gasteiger partial charge is 0.465 e. The van der Waals surface area contributed by atoms with Crippen molar-refractivity contribution in [2.45, 2.75) is 32.9 Å². The first kappa shape index (κ1) is 17.2. The van der Waals surface area contributed by atoms with Crippen molar-refractivity contribution in [2.75, 3.05) is 0 Å². The summed E-state index contributed by atoms with van der Waals surface area (Å²) in [5.41, 5.74) is 1.36. The van der Waals surface area contributed by atoms with Crippen LogP contribution < -0.4 is 0 Å². The first-order valence-electron chi connectivity index (χ1n) is 7.87. The summed E-state index contributed by atoms with van der Waals surface area (Å²) in [6.45, 7) is 6.24. The van der Waals surface area contributed by atoms with Crippen molar-refractivity contribution in [1.29, 1.82) is 0 Å². The van der Waals surface area contributed by atoms with E-state index in [2.05, 4.69) is 14.5 Å². The smallest absolute Gasteiger partial charge is 0.413 e. The highest BCUT2D eigenvalue weighted by molar-refractivity contribution is 7.10. The molecule has 0 aliphatic carbocycles. The maximum absolute atomic E-state index is 11.3. The lowest BCUT2D eigenvalue weighted by Crippen LogP contribution is -2.43. The van der Waals surface area contributed by atoms with E-state index >= 15 is 0 Å². The molecule has 0 bridgehead atoms. The Labute approximate surface area is 150 Å². The first-order valence-corrected chi connectivity index (χ1v) is 8.75. The maximum Gasteiger partial charge on any atom is 0.413 e. The molecule has 0 aliphatic heterocycles. The maximum atomic E-state index is 11.3. The number of hydrogen-bond donors (Lipinski definition) is 1. The third-order valence-electron chi connectivity index (χ3n) is 3.79. The van der Waals surface area contributed by atoms with Gasteiger partial charge in [0.25, 0.3) is 0 Å². The topological polar surface area (TPSA) is 70.7 Å². The van der Waals surface area contributed by atoms with Crippen LogP contribution in [0.4, 0.5) is 10.5 Å². The van der Waals surface area contributed by atoms with Crippen LogP contribution in [0.3, 0.4) is 0 Å². The number of hydrogen-bond acceptors (Lipinski definition) is 4. The van der Waals surface area contributed by atoms with Crippen LogP contribution in [-0.2, 0) is 6.54 Å². The van der Waals surface area contributed by atoms with Crippen LogP contribution >= 0.6 is 11.3 Å². The first-order chi connectivity index (χ1) is 11.8. The fraction of sp³-hybridized carbons (Fsp3) is 0.278. The highest BCUT2D eigenvalue weighted by Crippen LogP contribution is 2.25. The molecule has 0 spiro atoms. The van der Waals surface area contributed by atoms with Gasteiger partial charge in [0.05, 0.1) is 17.7 Å². The zero-order chi connectivity index (χ0) is 18.0. The van der Waals surface area contributed by atoms with Gasteiger partial charge in [0.15, 0.2) is 0 Å². The summed E-state index contributed by atoms with van der Waals surface area (Å²) >= 11 is 1.61. The molecular weight excluding hydrogens is 336 g/mol. The highest BCUT2D eigenvalue weighted by atomic mass is 32.1. The molecule has 7 heteroatoms. The number of rotatable bonds is 4. The third kappa shape index (κ3) is 3.88. The molecule has 0 aliphatic rings. The van der Waals surface area contributed by atoms with Crippen LogP contribution in [0.5, 0.6) is 0 Å². The van der Waals surface area contributed by atoms with Crippen molar-refractivity contribution < 1.29 is 9.90 Å². The molecule has 0 unspecified atom stereocenters. The van der Waals surface area contributed by atoms with Crippen molar-refractivity contribution in [3.63, 3.8) is 0 Å². The van der Waals surface area contributed by atoms with Gasteiger partial charge in [-0.25, -0.2) is 9.79 Å². The van der Waals surface area contributed by atoms with E-state index in [9.17, 15) is 9.90 Å². The zero-order valence-corrected chi connectivity index (χ0v) is 15.2. The molecule has 3 aromatic heterocycles. The number of aliphatic imine (C=N–C) groups is 1. The number of pyridine rings is 1. The molecule has 25 heavy (non-hydrogen) atoms. The average Bonchev–Trinajstić information content (AvgIpc) is 3.14. The predicted molar refractivity (Wildman–Crippen MR) is 101 cm³/mol. The van der Waals surface area contributed by atoms with Gasteiger partial charge in [0.1, 0.15) is 6.34 Å². The van der Waals surface area contributed by atoms with Crippen LogP contribution in [0.15, 0.2) is 47.2 Å². The monoisotopic (exact) mass is 356 g/mol. The predicted octanol–water partition coefficient (Wildman–Crippen LogP) is 4.58. The van der Waals surface area contributed by atoms with E-state index in [1.54, 1.807) is 17.5 Å². The normalized spacial score (nSPS) is 12.1. The lowest BCUT2D eigenvalue weighted by atomic mass is 10.1. The van der Waals surface area contributed by atoms with Crippen molar-refractivity contribution in [3.8, 4) is 0 Å². The van der Waals surface area contributed by atoms with Crippen molar-refractivity contribution in [2.24, 2.45) is 4.99 Å². The zero-order valence-electron chi connectivity index (χ0n) is 14.4. The molecule has 130 valence electrons. The van der Waals surface area contributed by atoms with Gasteiger partial charge >= 0.3 is 6.09 Å². The van der Waals surface area contributed by atoms with E-state index in [4.69, 9.17) is 0 Å². The van der Waals surface area contributed by atoms with E-state index in [-0.39, 0.29) is 0 Å². The molecule has 3 aromatic rings. The number of nitrogens with zero attached hydrogens (tertiary/aromatic N) is 4.